The number of piperidine rings is 1. The van der Waals surface area contributed by atoms with Gasteiger partial charge in [0.05, 0.1) is 12.2 Å². The molecule has 170 valence electrons. The van der Waals surface area contributed by atoms with Crippen molar-refractivity contribution in [3.63, 3.8) is 0 Å². The molecule has 1 aromatic carbocycles. The van der Waals surface area contributed by atoms with E-state index in [0.717, 1.165) is 51.6 Å². The number of benzene rings is 1. The molecule has 3 rings (SSSR count). The number of esters is 1. The van der Waals surface area contributed by atoms with E-state index in [0.29, 0.717) is 26.0 Å². The predicted molar refractivity (Wildman–Crippen MR) is 126 cm³/mol. The second-order valence-corrected chi connectivity index (χ2v) is 9.42. The van der Waals surface area contributed by atoms with Crippen molar-refractivity contribution < 1.29 is 14.6 Å². The van der Waals surface area contributed by atoms with Gasteiger partial charge in [-0.2, -0.15) is 0 Å². The van der Waals surface area contributed by atoms with Gasteiger partial charge in [0.25, 0.3) is 0 Å². The number of nitrogens with zero attached hydrogens (tertiary/aromatic N) is 1. The van der Waals surface area contributed by atoms with E-state index in [1.807, 2.05) is 19.1 Å². The fraction of sp³-hybridized carbons (Fsp3) is 0.593. The van der Waals surface area contributed by atoms with Crippen LogP contribution in [-0.2, 0) is 16.0 Å². The molecule has 1 saturated carbocycles. The molecule has 1 heterocycles. The average Bonchev–Trinajstić information content (AvgIpc) is 2.75. The minimum Gasteiger partial charge on any atom is -0.465 e. The van der Waals surface area contributed by atoms with Gasteiger partial charge in [0.1, 0.15) is 5.41 Å². The Bertz CT molecular complexity index is 763. The van der Waals surface area contributed by atoms with E-state index in [2.05, 4.69) is 42.3 Å². The first kappa shape index (κ1) is 23.7. The zero-order valence-corrected chi connectivity index (χ0v) is 19.2. The first-order valence-corrected chi connectivity index (χ1v) is 11.8. The summed E-state index contributed by atoms with van der Waals surface area (Å²) in [5, 5.41) is 12.3. The fourth-order valence-electron chi connectivity index (χ4n) is 6.26. The minimum absolute atomic E-state index is 0.241. The van der Waals surface area contributed by atoms with E-state index in [1.54, 1.807) is 6.08 Å². The quantitative estimate of drug-likeness (QED) is 0.403. The Morgan fingerprint density at radius 1 is 1.19 bits per heavy atom. The van der Waals surface area contributed by atoms with Crippen molar-refractivity contribution in [1.29, 1.82) is 0 Å². The van der Waals surface area contributed by atoms with Crippen molar-refractivity contribution in [1.82, 2.24) is 4.90 Å². The smallest absolute Gasteiger partial charge is 0.316 e. The normalized spacial score (nSPS) is 30.5. The van der Waals surface area contributed by atoms with Gasteiger partial charge in [-0.25, -0.2) is 0 Å². The Morgan fingerprint density at radius 2 is 1.97 bits per heavy atom. The second-order valence-electron chi connectivity index (χ2n) is 9.42. The number of aryl methyl sites for hydroxylation is 1. The van der Waals surface area contributed by atoms with Crippen LogP contribution in [0.1, 0.15) is 57.4 Å². The number of ether oxygens (including phenoxy) is 1. The van der Waals surface area contributed by atoms with E-state index in [1.165, 1.54) is 5.56 Å². The summed E-state index contributed by atoms with van der Waals surface area (Å²) in [7, 11) is 0. The lowest BCUT2D eigenvalue weighted by Gasteiger charge is -2.65. The van der Waals surface area contributed by atoms with Gasteiger partial charge in [-0.3, -0.25) is 4.79 Å². The monoisotopic (exact) mass is 425 g/mol. The van der Waals surface area contributed by atoms with Gasteiger partial charge in [-0.1, -0.05) is 48.9 Å². The molecule has 0 aromatic heterocycles. The zero-order valence-electron chi connectivity index (χ0n) is 19.2. The van der Waals surface area contributed by atoms with Crippen LogP contribution >= 0.6 is 0 Å². The zero-order chi connectivity index (χ0) is 22.4. The van der Waals surface area contributed by atoms with Crippen LogP contribution < -0.4 is 0 Å². The van der Waals surface area contributed by atoms with Gasteiger partial charge in [-0.05, 0) is 64.0 Å². The van der Waals surface area contributed by atoms with E-state index >= 15 is 0 Å². The molecule has 2 fully saturated rings. The highest BCUT2D eigenvalue weighted by Crippen LogP contribution is 2.61. The number of hydrogen-bond donors (Lipinski definition) is 1. The third-order valence-electron chi connectivity index (χ3n) is 7.66. The lowest BCUT2D eigenvalue weighted by atomic mass is 9.46. The van der Waals surface area contributed by atoms with Gasteiger partial charge < -0.3 is 14.7 Å². The van der Waals surface area contributed by atoms with Crippen molar-refractivity contribution in [3.8, 4) is 0 Å². The number of allylic oxidation sites excluding steroid dienone is 1. The average molecular weight is 426 g/mol. The third-order valence-corrected chi connectivity index (χ3v) is 7.66. The Hall–Kier alpha value is -1.91. The SMILES string of the molecule is C=CCC[C@@]12CCC[C@@](C(=O)OCC)(CN(CCCc3ccccc3)C1)[C@]2(O)CC=C. The molecule has 2 bridgehead atoms. The molecule has 4 nitrogen and oxygen atoms in total. The summed E-state index contributed by atoms with van der Waals surface area (Å²) in [5.74, 6) is -0.241. The molecular weight excluding hydrogens is 386 g/mol. The Labute approximate surface area is 188 Å². The van der Waals surface area contributed by atoms with Crippen molar-refractivity contribution in [2.75, 3.05) is 26.2 Å². The summed E-state index contributed by atoms with van der Waals surface area (Å²) in [6.45, 7) is 12.3. The lowest BCUT2D eigenvalue weighted by molar-refractivity contribution is -0.251. The number of aliphatic hydroxyl groups is 1. The number of carbonyl (C=O) groups is 1. The van der Waals surface area contributed by atoms with Crippen LogP contribution in [-0.4, -0.2) is 47.8 Å². The fourth-order valence-corrected chi connectivity index (χ4v) is 6.26. The van der Waals surface area contributed by atoms with Crippen LogP contribution in [0.4, 0.5) is 0 Å². The first-order chi connectivity index (χ1) is 15.0. The van der Waals surface area contributed by atoms with Gasteiger partial charge >= 0.3 is 5.97 Å². The largest absolute Gasteiger partial charge is 0.465 e. The molecule has 1 N–H and O–H groups in total. The van der Waals surface area contributed by atoms with Gasteiger partial charge in [0.2, 0.25) is 0 Å². The summed E-state index contributed by atoms with van der Waals surface area (Å²) in [5.41, 5.74) is -1.05. The standard InChI is InChI=1S/C27H39NO3/c1-4-7-17-25-18-12-19-26(24(29)31-6-3,27(25,30)16-5-2)22-28(21-25)20-11-15-23-13-9-8-10-14-23/h4-5,8-10,13-14,30H,1-2,6-7,11-12,15-22H2,3H3/t25-,26+,27+/m1/s1. The molecule has 0 amide bonds. The van der Waals surface area contributed by atoms with Gasteiger partial charge in [-0.15, -0.1) is 13.2 Å². The van der Waals surface area contributed by atoms with Crippen LogP contribution in [0.15, 0.2) is 55.6 Å². The molecule has 31 heavy (non-hydrogen) atoms. The minimum atomic E-state index is -1.13. The number of carbonyl (C=O) groups excluding carboxylic acids is 1. The lowest BCUT2D eigenvalue weighted by Crippen LogP contribution is -2.74. The predicted octanol–water partition coefficient (Wildman–Crippen LogP) is 4.93. The van der Waals surface area contributed by atoms with Crippen molar-refractivity contribution in [2.24, 2.45) is 10.8 Å². The summed E-state index contributed by atoms with van der Waals surface area (Å²) < 4.78 is 5.59. The van der Waals surface area contributed by atoms with Crippen molar-refractivity contribution in [3.05, 3.63) is 61.2 Å². The summed E-state index contributed by atoms with van der Waals surface area (Å²) >= 11 is 0. The van der Waals surface area contributed by atoms with Crippen LogP contribution in [0.3, 0.4) is 0 Å². The van der Waals surface area contributed by atoms with Crippen LogP contribution in [0.5, 0.6) is 0 Å². The molecule has 1 aromatic rings. The van der Waals surface area contributed by atoms with Gasteiger partial charge in [0, 0.05) is 18.5 Å². The number of hydrogen-bond acceptors (Lipinski definition) is 4. The highest BCUT2D eigenvalue weighted by atomic mass is 16.5. The van der Waals surface area contributed by atoms with E-state index in [9.17, 15) is 9.90 Å². The summed E-state index contributed by atoms with van der Waals surface area (Å²) in [6.07, 6.45) is 10.4. The van der Waals surface area contributed by atoms with Crippen molar-refractivity contribution >= 4 is 5.97 Å². The summed E-state index contributed by atoms with van der Waals surface area (Å²) in [6, 6.07) is 10.5. The Kier molecular flexibility index (Phi) is 7.77. The second kappa shape index (κ2) is 10.1. The maximum atomic E-state index is 13.4. The molecule has 1 saturated heterocycles. The van der Waals surface area contributed by atoms with Gasteiger partial charge in [0.15, 0.2) is 0 Å². The molecule has 2 aliphatic rings. The Balaban J connectivity index is 1.90. The van der Waals surface area contributed by atoms with Crippen LogP contribution in [0, 0.1) is 10.8 Å². The highest BCUT2D eigenvalue weighted by Gasteiger charge is 2.70. The first-order valence-electron chi connectivity index (χ1n) is 11.8. The molecule has 0 radical (unpaired) electrons. The molecular formula is C27H39NO3. The van der Waals surface area contributed by atoms with Crippen molar-refractivity contribution in [2.45, 2.75) is 63.9 Å². The van der Waals surface area contributed by atoms with E-state index in [4.69, 9.17) is 4.74 Å². The summed E-state index contributed by atoms with van der Waals surface area (Å²) in [4.78, 5) is 15.8. The molecule has 3 atom stereocenters. The van der Waals surface area contributed by atoms with E-state index in [-0.39, 0.29) is 11.4 Å². The number of rotatable bonds is 11. The third kappa shape index (κ3) is 4.38. The highest BCUT2D eigenvalue weighted by molar-refractivity contribution is 5.80. The maximum Gasteiger partial charge on any atom is 0.316 e. The molecule has 0 unspecified atom stereocenters. The molecule has 1 aliphatic carbocycles. The number of likely N-dealkylation sites (tertiary alicyclic amines) is 1. The van der Waals surface area contributed by atoms with Crippen LogP contribution in [0.25, 0.3) is 0 Å². The number of fused-ring (bicyclic) bond motifs is 2. The van der Waals surface area contributed by atoms with E-state index < -0.39 is 11.0 Å². The molecule has 4 heteroatoms. The molecule has 0 spiro atoms. The Morgan fingerprint density at radius 3 is 2.65 bits per heavy atom. The maximum absolute atomic E-state index is 13.4. The molecule has 1 aliphatic heterocycles. The topological polar surface area (TPSA) is 49.8 Å². The van der Waals surface area contributed by atoms with Crippen LogP contribution in [0.2, 0.25) is 0 Å².